The monoisotopic (exact) mass is 290 g/mol. The van der Waals surface area contributed by atoms with Crippen molar-refractivity contribution >= 4 is 5.91 Å². The molecule has 2 unspecified atom stereocenters. The zero-order chi connectivity index (χ0) is 15.7. The Balaban J connectivity index is 2.40. The Hall–Kier alpha value is -1.35. The van der Waals surface area contributed by atoms with Gasteiger partial charge in [0, 0.05) is 6.42 Å². The van der Waals surface area contributed by atoms with Gasteiger partial charge in [0.05, 0.1) is 6.04 Å². The molecule has 0 fully saturated rings. The van der Waals surface area contributed by atoms with Crippen LogP contribution in [0.3, 0.4) is 0 Å². The highest BCUT2D eigenvalue weighted by Crippen LogP contribution is 2.18. The molecule has 0 aliphatic rings. The van der Waals surface area contributed by atoms with E-state index in [1.807, 2.05) is 6.92 Å². The van der Waals surface area contributed by atoms with Crippen LogP contribution in [0.1, 0.15) is 63.1 Å². The number of benzene rings is 1. The van der Waals surface area contributed by atoms with Gasteiger partial charge in [-0.3, -0.25) is 4.79 Å². The second-order valence-corrected chi connectivity index (χ2v) is 5.97. The summed E-state index contributed by atoms with van der Waals surface area (Å²) in [6, 6.07) is 8.38. The molecule has 0 aliphatic carbocycles. The lowest BCUT2D eigenvalue weighted by molar-refractivity contribution is -0.122. The van der Waals surface area contributed by atoms with Crippen LogP contribution >= 0.6 is 0 Å². The molecule has 0 radical (unpaired) electrons. The number of carbonyl (C=O) groups is 1. The third-order valence-electron chi connectivity index (χ3n) is 4.01. The summed E-state index contributed by atoms with van der Waals surface area (Å²) in [5.74, 6) is 0.724. The van der Waals surface area contributed by atoms with E-state index in [0.717, 1.165) is 31.2 Å². The first-order valence-electron chi connectivity index (χ1n) is 8.12. The van der Waals surface area contributed by atoms with E-state index in [2.05, 4.69) is 43.4 Å². The van der Waals surface area contributed by atoms with Crippen LogP contribution in [0.5, 0.6) is 0 Å². The molecular weight excluding hydrogens is 260 g/mol. The van der Waals surface area contributed by atoms with E-state index in [0.29, 0.717) is 18.9 Å². The van der Waals surface area contributed by atoms with Crippen LogP contribution in [-0.2, 0) is 4.79 Å². The molecule has 1 aromatic rings. The molecule has 1 amide bonds. The SMILES string of the molecule is CCCC(CCN)CCC(=O)NC(C)c1ccc(C)cc1. The molecule has 21 heavy (non-hydrogen) atoms. The van der Waals surface area contributed by atoms with E-state index in [9.17, 15) is 4.79 Å². The van der Waals surface area contributed by atoms with E-state index in [1.165, 1.54) is 5.56 Å². The fraction of sp³-hybridized carbons (Fsp3) is 0.611. The molecule has 0 saturated carbocycles. The molecule has 118 valence electrons. The number of hydrogen-bond acceptors (Lipinski definition) is 2. The molecule has 0 heterocycles. The van der Waals surface area contributed by atoms with Crippen LogP contribution in [0.4, 0.5) is 0 Å². The highest BCUT2D eigenvalue weighted by atomic mass is 16.1. The summed E-state index contributed by atoms with van der Waals surface area (Å²) in [4.78, 5) is 12.1. The average molecular weight is 290 g/mol. The topological polar surface area (TPSA) is 55.1 Å². The van der Waals surface area contributed by atoms with Gasteiger partial charge < -0.3 is 11.1 Å². The maximum absolute atomic E-state index is 12.1. The van der Waals surface area contributed by atoms with E-state index in [4.69, 9.17) is 5.73 Å². The van der Waals surface area contributed by atoms with Crippen molar-refractivity contribution < 1.29 is 4.79 Å². The largest absolute Gasteiger partial charge is 0.350 e. The van der Waals surface area contributed by atoms with Crippen LogP contribution in [0.15, 0.2) is 24.3 Å². The van der Waals surface area contributed by atoms with Gasteiger partial charge in [-0.15, -0.1) is 0 Å². The first-order chi connectivity index (χ1) is 10.1. The number of rotatable bonds is 9. The van der Waals surface area contributed by atoms with E-state index in [1.54, 1.807) is 0 Å². The maximum Gasteiger partial charge on any atom is 0.220 e. The lowest BCUT2D eigenvalue weighted by atomic mass is 9.94. The second-order valence-electron chi connectivity index (χ2n) is 5.97. The Morgan fingerprint density at radius 1 is 1.19 bits per heavy atom. The number of aryl methyl sites for hydroxylation is 1. The van der Waals surface area contributed by atoms with Crippen LogP contribution in [-0.4, -0.2) is 12.5 Å². The number of hydrogen-bond donors (Lipinski definition) is 2. The first-order valence-corrected chi connectivity index (χ1v) is 8.12. The maximum atomic E-state index is 12.1. The zero-order valence-electron chi connectivity index (χ0n) is 13.7. The molecule has 0 aromatic heterocycles. The minimum absolute atomic E-state index is 0.0669. The van der Waals surface area contributed by atoms with E-state index < -0.39 is 0 Å². The standard InChI is InChI=1S/C18H30N2O/c1-4-5-16(12-13-19)8-11-18(21)20-15(3)17-9-6-14(2)7-10-17/h6-7,9-10,15-16H,4-5,8,11-13,19H2,1-3H3,(H,20,21). The number of amides is 1. The van der Waals surface area contributed by atoms with Crippen molar-refractivity contribution in [3.63, 3.8) is 0 Å². The van der Waals surface area contributed by atoms with Crippen molar-refractivity contribution in [3.05, 3.63) is 35.4 Å². The molecule has 0 saturated heterocycles. The zero-order valence-corrected chi connectivity index (χ0v) is 13.7. The molecule has 0 bridgehead atoms. The Bertz CT molecular complexity index is 408. The summed E-state index contributed by atoms with van der Waals surface area (Å²) >= 11 is 0. The highest BCUT2D eigenvalue weighted by molar-refractivity contribution is 5.76. The second kappa shape index (κ2) is 9.56. The fourth-order valence-electron chi connectivity index (χ4n) is 2.66. The molecule has 2 atom stereocenters. The van der Waals surface area contributed by atoms with Crippen molar-refractivity contribution in [2.45, 2.75) is 58.9 Å². The van der Waals surface area contributed by atoms with Crippen molar-refractivity contribution in [2.75, 3.05) is 6.54 Å². The summed E-state index contributed by atoms with van der Waals surface area (Å²) in [5, 5.41) is 3.09. The molecular formula is C18H30N2O. The van der Waals surface area contributed by atoms with Gasteiger partial charge in [-0.2, -0.15) is 0 Å². The summed E-state index contributed by atoms with van der Waals surface area (Å²) in [7, 11) is 0. The van der Waals surface area contributed by atoms with Gasteiger partial charge in [0.15, 0.2) is 0 Å². The van der Waals surface area contributed by atoms with Gasteiger partial charge in [-0.05, 0) is 44.7 Å². The van der Waals surface area contributed by atoms with Gasteiger partial charge in [-0.25, -0.2) is 0 Å². The smallest absolute Gasteiger partial charge is 0.220 e. The van der Waals surface area contributed by atoms with Crippen molar-refractivity contribution in [1.82, 2.24) is 5.32 Å². The summed E-state index contributed by atoms with van der Waals surface area (Å²) < 4.78 is 0. The van der Waals surface area contributed by atoms with Crippen LogP contribution in [0, 0.1) is 12.8 Å². The van der Waals surface area contributed by atoms with Gasteiger partial charge >= 0.3 is 0 Å². The number of nitrogens with one attached hydrogen (secondary N) is 1. The lowest BCUT2D eigenvalue weighted by Gasteiger charge is -2.17. The molecule has 1 aromatic carbocycles. The van der Waals surface area contributed by atoms with Crippen LogP contribution in [0.25, 0.3) is 0 Å². The fourth-order valence-corrected chi connectivity index (χ4v) is 2.66. The van der Waals surface area contributed by atoms with Gasteiger partial charge in [0.2, 0.25) is 5.91 Å². The average Bonchev–Trinajstić information content (AvgIpc) is 2.46. The molecule has 3 nitrogen and oxygen atoms in total. The van der Waals surface area contributed by atoms with Crippen molar-refractivity contribution in [3.8, 4) is 0 Å². The quantitative estimate of drug-likeness (QED) is 0.728. The Morgan fingerprint density at radius 3 is 2.43 bits per heavy atom. The molecule has 3 heteroatoms. The van der Waals surface area contributed by atoms with Gasteiger partial charge in [-0.1, -0.05) is 49.6 Å². The number of nitrogens with two attached hydrogens (primary N) is 1. The van der Waals surface area contributed by atoms with Gasteiger partial charge in [0.25, 0.3) is 0 Å². The Kier molecular flexibility index (Phi) is 8.06. The predicted octanol–water partition coefficient (Wildman–Crippen LogP) is 3.72. The van der Waals surface area contributed by atoms with Crippen molar-refractivity contribution in [2.24, 2.45) is 11.7 Å². The summed E-state index contributed by atoms with van der Waals surface area (Å²) in [6.45, 7) is 7.00. The summed E-state index contributed by atoms with van der Waals surface area (Å²) in [6.07, 6.45) is 4.89. The Morgan fingerprint density at radius 2 is 1.86 bits per heavy atom. The number of carbonyl (C=O) groups excluding carboxylic acids is 1. The van der Waals surface area contributed by atoms with Crippen molar-refractivity contribution in [1.29, 1.82) is 0 Å². The Labute approximate surface area is 129 Å². The van der Waals surface area contributed by atoms with E-state index >= 15 is 0 Å². The predicted molar refractivity (Wildman–Crippen MR) is 89.0 cm³/mol. The summed E-state index contributed by atoms with van der Waals surface area (Å²) in [5.41, 5.74) is 8.03. The first kappa shape index (κ1) is 17.7. The third kappa shape index (κ3) is 6.76. The molecule has 1 rings (SSSR count). The minimum atomic E-state index is 0.0669. The third-order valence-corrected chi connectivity index (χ3v) is 4.01. The van der Waals surface area contributed by atoms with E-state index in [-0.39, 0.29) is 11.9 Å². The normalized spacial score (nSPS) is 13.7. The molecule has 0 aliphatic heterocycles. The van der Waals surface area contributed by atoms with Crippen LogP contribution < -0.4 is 11.1 Å². The highest BCUT2D eigenvalue weighted by Gasteiger charge is 2.12. The van der Waals surface area contributed by atoms with Crippen LogP contribution in [0.2, 0.25) is 0 Å². The lowest BCUT2D eigenvalue weighted by Crippen LogP contribution is -2.27. The molecule has 3 N–H and O–H groups in total. The van der Waals surface area contributed by atoms with Gasteiger partial charge in [0.1, 0.15) is 0 Å². The molecule has 0 spiro atoms. The minimum Gasteiger partial charge on any atom is -0.350 e.